The number of sulfonamides is 2. The number of carbonyl (C=O) groups excluding carboxylic acids is 1. The van der Waals surface area contributed by atoms with E-state index in [0.29, 0.717) is 31.2 Å². The molecule has 202 valence electrons. The summed E-state index contributed by atoms with van der Waals surface area (Å²) in [5.74, 6) is -0.822. The van der Waals surface area contributed by atoms with Gasteiger partial charge in [-0.2, -0.15) is 4.31 Å². The van der Waals surface area contributed by atoms with E-state index in [2.05, 4.69) is 4.72 Å². The van der Waals surface area contributed by atoms with Crippen LogP contribution in [0.4, 0.5) is 11.4 Å². The van der Waals surface area contributed by atoms with Crippen molar-refractivity contribution < 1.29 is 21.6 Å². The van der Waals surface area contributed by atoms with E-state index < -0.39 is 26.0 Å². The van der Waals surface area contributed by atoms with Gasteiger partial charge in [0.05, 0.1) is 26.7 Å². The number of halogens is 3. The highest BCUT2D eigenvalue weighted by atomic mass is 35.5. The standard InChI is InChI=1S/C24H23Cl3N4O5S2/c1-29-11-13-30(14-12-29)38(35,36)21-4-2-3-19(16-21)31(27)24(32)22-15-18(26)7-10-23(22)28-37(33,34)20-8-5-17(25)6-9-20/h2-10,15-16,28H,11-14H2,1H3. The molecule has 38 heavy (non-hydrogen) atoms. The van der Waals surface area contributed by atoms with Gasteiger partial charge in [-0.3, -0.25) is 9.52 Å². The average molecular weight is 618 g/mol. The predicted molar refractivity (Wildman–Crippen MR) is 149 cm³/mol. The van der Waals surface area contributed by atoms with Gasteiger partial charge in [-0.25, -0.2) is 21.3 Å². The molecule has 0 saturated carbocycles. The first kappa shape index (κ1) is 28.6. The molecule has 3 aromatic carbocycles. The minimum atomic E-state index is -4.09. The van der Waals surface area contributed by atoms with Crippen LogP contribution in [0.15, 0.2) is 76.5 Å². The largest absolute Gasteiger partial charge is 0.304 e. The van der Waals surface area contributed by atoms with Gasteiger partial charge in [0.15, 0.2) is 0 Å². The fourth-order valence-electron chi connectivity index (χ4n) is 3.77. The van der Waals surface area contributed by atoms with Crippen LogP contribution in [-0.2, 0) is 20.0 Å². The number of carbonyl (C=O) groups is 1. The Hall–Kier alpha value is -2.38. The summed E-state index contributed by atoms with van der Waals surface area (Å²) < 4.78 is 56.7. The van der Waals surface area contributed by atoms with Crippen molar-refractivity contribution in [1.82, 2.24) is 9.21 Å². The second-order valence-corrected chi connectivity index (χ2v) is 13.4. The van der Waals surface area contributed by atoms with Crippen molar-refractivity contribution >= 4 is 72.3 Å². The maximum atomic E-state index is 13.4. The van der Waals surface area contributed by atoms with E-state index in [1.54, 1.807) is 0 Å². The number of hydrogen-bond acceptors (Lipinski definition) is 6. The first-order chi connectivity index (χ1) is 17.9. The zero-order chi connectivity index (χ0) is 27.7. The molecule has 0 aromatic heterocycles. The average Bonchev–Trinajstić information content (AvgIpc) is 2.89. The van der Waals surface area contributed by atoms with Crippen LogP contribution in [0.2, 0.25) is 10.0 Å². The van der Waals surface area contributed by atoms with Crippen LogP contribution in [0.3, 0.4) is 0 Å². The van der Waals surface area contributed by atoms with Crippen molar-refractivity contribution in [2.24, 2.45) is 0 Å². The van der Waals surface area contributed by atoms with Gasteiger partial charge in [0.2, 0.25) is 10.0 Å². The van der Waals surface area contributed by atoms with E-state index in [4.69, 9.17) is 35.0 Å². The van der Waals surface area contributed by atoms with Crippen LogP contribution < -0.4 is 9.14 Å². The normalized spacial score (nSPS) is 15.3. The highest BCUT2D eigenvalue weighted by molar-refractivity contribution is 7.92. The second kappa shape index (κ2) is 11.4. The molecular weight excluding hydrogens is 595 g/mol. The Morgan fingerprint density at radius 2 is 1.47 bits per heavy atom. The summed E-state index contributed by atoms with van der Waals surface area (Å²) in [6.07, 6.45) is 0. The van der Waals surface area contributed by atoms with Crippen molar-refractivity contribution in [3.63, 3.8) is 0 Å². The lowest BCUT2D eigenvalue weighted by Crippen LogP contribution is -2.47. The van der Waals surface area contributed by atoms with E-state index in [1.165, 1.54) is 71.0 Å². The quantitative estimate of drug-likeness (QED) is 0.391. The molecular formula is C24H23Cl3N4O5S2. The molecule has 3 aromatic rings. The predicted octanol–water partition coefficient (Wildman–Crippen LogP) is 4.53. The third kappa shape index (κ3) is 6.26. The zero-order valence-electron chi connectivity index (χ0n) is 20.0. The number of rotatable bonds is 7. The SMILES string of the molecule is CN1CCN(S(=O)(=O)c2cccc(N(Cl)C(=O)c3cc(Cl)ccc3NS(=O)(=O)c3ccc(Cl)cc3)c2)CC1. The van der Waals surface area contributed by atoms with E-state index in [1.807, 2.05) is 11.9 Å². The number of hydrogen-bond donors (Lipinski definition) is 1. The molecule has 0 aliphatic carbocycles. The summed E-state index contributed by atoms with van der Waals surface area (Å²) in [5.41, 5.74) is -0.128. The maximum absolute atomic E-state index is 13.4. The third-order valence-electron chi connectivity index (χ3n) is 5.90. The van der Waals surface area contributed by atoms with Gasteiger partial charge in [-0.15, -0.1) is 0 Å². The number of likely N-dealkylation sites (N-methyl/N-ethyl adjacent to an activating group) is 1. The van der Waals surface area contributed by atoms with Crippen molar-refractivity contribution in [3.05, 3.63) is 82.3 Å². The molecule has 1 heterocycles. The van der Waals surface area contributed by atoms with Gasteiger partial charge in [-0.1, -0.05) is 29.3 Å². The van der Waals surface area contributed by atoms with Crippen LogP contribution in [-0.4, -0.2) is 65.2 Å². The molecule has 1 aliphatic heterocycles. The van der Waals surface area contributed by atoms with Crippen LogP contribution in [0, 0.1) is 0 Å². The molecule has 0 bridgehead atoms. The van der Waals surface area contributed by atoms with Gasteiger partial charge < -0.3 is 4.90 Å². The Morgan fingerprint density at radius 1 is 0.842 bits per heavy atom. The Bertz CT molecular complexity index is 1560. The van der Waals surface area contributed by atoms with Crippen LogP contribution in [0.1, 0.15) is 10.4 Å². The molecule has 0 atom stereocenters. The highest BCUT2D eigenvalue weighted by Gasteiger charge is 2.29. The number of nitrogens with one attached hydrogen (secondary N) is 1. The smallest absolute Gasteiger partial charge is 0.275 e. The second-order valence-electron chi connectivity index (χ2n) is 8.54. The minimum absolute atomic E-state index is 0.0206. The molecule has 14 heteroatoms. The number of benzene rings is 3. The number of amides is 1. The van der Waals surface area contributed by atoms with Crippen molar-refractivity contribution in [2.45, 2.75) is 9.79 Å². The Labute approximate surface area is 236 Å². The molecule has 1 saturated heterocycles. The summed E-state index contributed by atoms with van der Waals surface area (Å²) in [6, 6.07) is 15.2. The van der Waals surface area contributed by atoms with Crippen molar-refractivity contribution in [1.29, 1.82) is 0 Å². The summed E-state index contributed by atoms with van der Waals surface area (Å²) in [4.78, 5) is 15.3. The lowest BCUT2D eigenvalue weighted by atomic mass is 10.1. The van der Waals surface area contributed by atoms with Crippen LogP contribution >= 0.6 is 35.0 Å². The topological polar surface area (TPSA) is 107 Å². The molecule has 1 amide bonds. The summed E-state index contributed by atoms with van der Waals surface area (Å²) in [7, 11) is -5.98. The Kier molecular flexibility index (Phi) is 8.58. The van der Waals surface area contributed by atoms with Crippen molar-refractivity contribution in [3.8, 4) is 0 Å². The molecule has 4 rings (SSSR count). The van der Waals surface area contributed by atoms with Crippen LogP contribution in [0.5, 0.6) is 0 Å². The van der Waals surface area contributed by atoms with E-state index >= 15 is 0 Å². The van der Waals surface area contributed by atoms with Crippen LogP contribution in [0.25, 0.3) is 0 Å². The monoisotopic (exact) mass is 616 g/mol. The van der Waals surface area contributed by atoms with E-state index in [9.17, 15) is 21.6 Å². The van der Waals surface area contributed by atoms with E-state index in [-0.39, 0.29) is 31.8 Å². The van der Waals surface area contributed by atoms with Gasteiger partial charge in [0, 0.05) is 48.0 Å². The minimum Gasteiger partial charge on any atom is -0.304 e. The Balaban J connectivity index is 1.63. The Morgan fingerprint density at radius 3 is 2.13 bits per heavy atom. The van der Waals surface area contributed by atoms with Gasteiger partial charge >= 0.3 is 0 Å². The molecule has 1 aliphatic rings. The fraction of sp³-hybridized carbons (Fsp3) is 0.208. The highest BCUT2D eigenvalue weighted by Crippen LogP contribution is 2.30. The summed E-state index contributed by atoms with van der Waals surface area (Å²) in [5, 5.41) is 0.528. The lowest BCUT2D eigenvalue weighted by Gasteiger charge is -2.31. The molecule has 0 radical (unpaired) electrons. The number of piperazine rings is 1. The number of anilines is 2. The van der Waals surface area contributed by atoms with Crippen molar-refractivity contribution in [2.75, 3.05) is 42.4 Å². The first-order valence-corrected chi connectivity index (χ1v) is 15.3. The zero-order valence-corrected chi connectivity index (χ0v) is 23.9. The number of nitrogens with zero attached hydrogens (tertiary/aromatic N) is 3. The van der Waals surface area contributed by atoms with Gasteiger partial charge in [-0.05, 0) is 67.7 Å². The summed E-state index contributed by atoms with van der Waals surface area (Å²) in [6.45, 7) is 1.88. The molecule has 0 spiro atoms. The third-order valence-corrected chi connectivity index (χ3v) is 10.0. The molecule has 1 N–H and O–H groups in total. The van der Waals surface area contributed by atoms with E-state index in [0.717, 1.165) is 4.42 Å². The van der Waals surface area contributed by atoms with Gasteiger partial charge in [0.25, 0.3) is 15.9 Å². The van der Waals surface area contributed by atoms with Gasteiger partial charge in [0.1, 0.15) is 0 Å². The summed E-state index contributed by atoms with van der Waals surface area (Å²) >= 11 is 18.3. The lowest BCUT2D eigenvalue weighted by molar-refractivity contribution is 0.101. The molecule has 9 nitrogen and oxygen atoms in total. The first-order valence-electron chi connectivity index (χ1n) is 11.3. The molecule has 1 fully saturated rings. The molecule has 0 unspecified atom stereocenters. The maximum Gasteiger partial charge on any atom is 0.275 e. The fourth-order valence-corrected chi connectivity index (χ4v) is 6.80.